The average molecular weight is 372 g/mol. The van der Waals surface area contributed by atoms with E-state index in [-0.39, 0.29) is 11.9 Å². The Hall–Kier alpha value is -3.52. The fraction of sp³-hybridized carbons (Fsp3) is 0.217. The molecule has 0 amide bonds. The second kappa shape index (κ2) is 8.45. The Kier molecular flexibility index (Phi) is 5.81. The average Bonchev–Trinajstić information content (AvgIpc) is 2.72. The first kappa shape index (κ1) is 19.2. The van der Waals surface area contributed by atoms with E-state index in [0.717, 1.165) is 28.1 Å². The standard InChI is InChI=1S/C23H24N4O/c1-4-20-19(22(24)27-23(25)26-20)12-10-15(2)18-13-11-17(14-21(18)28-3)16-8-6-5-7-9-16/h5-9,11,13-15H,4H2,1-3H3,(H4,24,25,26,27). The molecule has 4 N–H and O–H groups in total. The zero-order valence-corrected chi connectivity index (χ0v) is 16.4. The van der Waals surface area contributed by atoms with E-state index in [1.807, 2.05) is 38.1 Å². The minimum Gasteiger partial charge on any atom is -0.496 e. The summed E-state index contributed by atoms with van der Waals surface area (Å²) < 4.78 is 5.63. The summed E-state index contributed by atoms with van der Waals surface area (Å²) in [4.78, 5) is 8.27. The van der Waals surface area contributed by atoms with Crippen LogP contribution in [0.2, 0.25) is 0 Å². The molecule has 5 nitrogen and oxygen atoms in total. The Bertz CT molecular complexity index is 1040. The quantitative estimate of drug-likeness (QED) is 0.675. The third kappa shape index (κ3) is 4.07. The van der Waals surface area contributed by atoms with Gasteiger partial charge in [-0.05, 0) is 30.5 Å². The smallest absolute Gasteiger partial charge is 0.222 e. The van der Waals surface area contributed by atoms with Gasteiger partial charge in [0.25, 0.3) is 0 Å². The molecule has 5 heteroatoms. The number of methoxy groups -OCH3 is 1. The molecule has 3 rings (SSSR count). The number of benzene rings is 2. The van der Waals surface area contributed by atoms with Crippen molar-refractivity contribution in [1.82, 2.24) is 9.97 Å². The van der Waals surface area contributed by atoms with Crippen LogP contribution in [-0.4, -0.2) is 17.1 Å². The Morgan fingerprint density at radius 1 is 1.04 bits per heavy atom. The predicted molar refractivity (Wildman–Crippen MR) is 114 cm³/mol. The maximum Gasteiger partial charge on any atom is 0.222 e. The maximum atomic E-state index is 6.00. The lowest BCUT2D eigenvalue weighted by molar-refractivity contribution is 0.409. The van der Waals surface area contributed by atoms with Crippen LogP contribution in [-0.2, 0) is 6.42 Å². The SMILES string of the molecule is CCc1nc(N)nc(N)c1C#CC(C)c1ccc(-c2ccccc2)cc1OC. The molecule has 1 unspecified atom stereocenters. The first-order chi connectivity index (χ1) is 13.5. The molecule has 2 aromatic carbocycles. The summed E-state index contributed by atoms with van der Waals surface area (Å²) in [5.74, 6) is 7.64. The van der Waals surface area contributed by atoms with E-state index in [1.165, 1.54) is 0 Å². The maximum absolute atomic E-state index is 6.00. The Balaban J connectivity index is 1.94. The summed E-state index contributed by atoms with van der Waals surface area (Å²) in [5.41, 5.74) is 16.4. The minimum atomic E-state index is -0.0542. The normalized spacial score (nSPS) is 11.4. The molecular formula is C23H24N4O. The van der Waals surface area contributed by atoms with Crippen molar-refractivity contribution in [3.63, 3.8) is 0 Å². The first-order valence-electron chi connectivity index (χ1n) is 9.20. The molecule has 0 saturated carbocycles. The second-order valence-corrected chi connectivity index (χ2v) is 6.46. The van der Waals surface area contributed by atoms with Crippen molar-refractivity contribution < 1.29 is 4.74 Å². The number of nitrogen functional groups attached to an aromatic ring is 2. The number of aromatic nitrogens is 2. The number of aryl methyl sites for hydroxylation is 1. The number of nitrogens with two attached hydrogens (primary N) is 2. The van der Waals surface area contributed by atoms with E-state index in [4.69, 9.17) is 16.2 Å². The van der Waals surface area contributed by atoms with Crippen LogP contribution in [0.25, 0.3) is 11.1 Å². The highest BCUT2D eigenvalue weighted by Crippen LogP contribution is 2.31. The summed E-state index contributed by atoms with van der Waals surface area (Å²) >= 11 is 0. The largest absolute Gasteiger partial charge is 0.496 e. The molecule has 28 heavy (non-hydrogen) atoms. The summed E-state index contributed by atoms with van der Waals surface area (Å²) in [7, 11) is 1.68. The molecule has 3 aromatic rings. The highest BCUT2D eigenvalue weighted by molar-refractivity contribution is 5.66. The number of hydrogen-bond donors (Lipinski definition) is 2. The van der Waals surface area contributed by atoms with Crippen molar-refractivity contribution in [2.75, 3.05) is 18.6 Å². The van der Waals surface area contributed by atoms with Crippen molar-refractivity contribution >= 4 is 11.8 Å². The third-order valence-electron chi connectivity index (χ3n) is 4.58. The summed E-state index contributed by atoms with van der Waals surface area (Å²) in [5, 5.41) is 0. The molecule has 0 spiro atoms. The lowest BCUT2D eigenvalue weighted by atomic mass is 9.96. The molecule has 0 aliphatic carbocycles. The van der Waals surface area contributed by atoms with Gasteiger partial charge in [0.15, 0.2) is 0 Å². The second-order valence-electron chi connectivity index (χ2n) is 6.46. The van der Waals surface area contributed by atoms with Gasteiger partial charge in [0.1, 0.15) is 11.6 Å². The minimum absolute atomic E-state index is 0.0542. The van der Waals surface area contributed by atoms with Gasteiger partial charge >= 0.3 is 0 Å². The van der Waals surface area contributed by atoms with Gasteiger partial charge in [0, 0.05) is 11.5 Å². The Labute approximate surface area is 165 Å². The molecule has 1 aromatic heterocycles. The van der Waals surface area contributed by atoms with Gasteiger partial charge in [-0.3, -0.25) is 0 Å². The van der Waals surface area contributed by atoms with Crippen molar-refractivity contribution in [3.05, 3.63) is 65.4 Å². The van der Waals surface area contributed by atoms with Gasteiger partial charge in [-0.25, -0.2) is 4.98 Å². The molecule has 1 atom stereocenters. The summed E-state index contributed by atoms with van der Waals surface area (Å²) in [6.45, 7) is 4.02. The van der Waals surface area contributed by atoms with Crippen LogP contribution in [0, 0.1) is 11.8 Å². The molecule has 0 bridgehead atoms. The number of hydrogen-bond acceptors (Lipinski definition) is 5. The number of ether oxygens (including phenoxy) is 1. The van der Waals surface area contributed by atoms with E-state index >= 15 is 0 Å². The van der Waals surface area contributed by atoms with Gasteiger partial charge in [-0.1, -0.05) is 61.2 Å². The molecule has 0 aliphatic heterocycles. The molecule has 0 fully saturated rings. The lowest BCUT2D eigenvalue weighted by Gasteiger charge is -2.13. The Morgan fingerprint density at radius 3 is 2.46 bits per heavy atom. The monoisotopic (exact) mass is 372 g/mol. The van der Waals surface area contributed by atoms with Crippen LogP contribution in [0.3, 0.4) is 0 Å². The van der Waals surface area contributed by atoms with Crippen molar-refractivity contribution in [1.29, 1.82) is 0 Å². The van der Waals surface area contributed by atoms with Crippen LogP contribution in [0.15, 0.2) is 48.5 Å². The van der Waals surface area contributed by atoms with Crippen LogP contribution in [0.5, 0.6) is 5.75 Å². The van der Waals surface area contributed by atoms with E-state index < -0.39 is 0 Å². The van der Waals surface area contributed by atoms with Crippen molar-refractivity contribution in [2.45, 2.75) is 26.2 Å². The van der Waals surface area contributed by atoms with E-state index in [1.54, 1.807) is 7.11 Å². The topological polar surface area (TPSA) is 87.0 Å². The van der Waals surface area contributed by atoms with Crippen LogP contribution >= 0.6 is 0 Å². The highest BCUT2D eigenvalue weighted by Gasteiger charge is 2.12. The van der Waals surface area contributed by atoms with Crippen molar-refractivity contribution in [3.8, 4) is 28.7 Å². The summed E-state index contributed by atoms with van der Waals surface area (Å²) in [6.07, 6.45) is 0.685. The molecule has 0 aliphatic rings. The molecular weight excluding hydrogens is 348 g/mol. The zero-order chi connectivity index (χ0) is 20.1. The van der Waals surface area contributed by atoms with E-state index in [2.05, 4.69) is 46.1 Å². The van der Waals surface area contributed by atoms with Crippen LogP contribution < -0.4 is 16.2 Å². The van der Waals surface area contributed by atoms with Gasteiger partial charge in [0.05, 0.1) is 18.4 Å². The zero-order valence-electron chi connectivity index (χ0n) is 16.4. The molecule has 0 saturated heterocycles. The molecule has 142 valence electrons. The Morgan fingerprint density at radius 2 is 1.79 bits per heavy atom. The van der Waals surface area contributed by atoms with E-state index in [0.29, 0.717) is 17.8 Å². The van der Waals surface area contributed by atoms with Crippen LogP contribution in [0.1, 0.15) is 36.6 Å². The van der Waals surface area contributed by atoms with Gasteiger partial charge in [-0.15, -0.1) is 0 Å². The first-order valence-corrected chi connectivity index (χ1v) is 9.20. The van der Waals surface area contributed by atoms with Gasteiger partial charge in [-0.2, -0.15) is 4.98 Å². The van der Waals surface area contributed by atoms with Gasteiger partial charge < -0.3 is 16.2 Å². The lowest BCUT2D eigenvalue weighted by Crippen LogP contribution is -2.07. The van der Waals surface area contributed by atoms with Crippen LogP contribution in [0.4, 0.5) is 11.8 Å². The molecule has 1 heterocycles. The predicted octanol–water partition coefficient (Wildman–Crippen LogP) is 4.03. The number of anilines is 2. The number of nitrogens with zero attached hydrogens (tertiary/aromatic N) is 2. The fourth-order valence-corrected chi connectivity index (χ4v) is 3.08. The summed E-state index contributed by atoms with van der Waals surface area (Å²) in [6, 6.07) is 16.4. The molecule has 0 radical (unpaired) electrons. The number of rotatable bonds is 4. The van der Waals surface area contributed by atoms with Gasteiger partial charge in [0.2, 0.25) is 5.95 Å². The highest BCUT2D eigenvalue weighted by atomic mass is 16.5. The van der Waals surface area contributed by atoms with E-state index in [9.17, 15) is 0 Å². The fourth-order valence-electron chi connectivity index (χ4n) is 3.08. The third-order valence-corrected chi connectivity index (χ3v) is 4.58. The van der Waals surface area contributed by atoms with Crippen molar-refractivity contribution in [2.24, 2.45) is 0 Å².